The van der Waals surface area contributed by atoms with Gasteiger partial charge in [0.25, 0.3) is 5.91 Å². The second-order valence-electron chi connectivity index (χ2n) is 6.16. The van der Waals surface area contributed by atoms with Gasteiger partial charge < -0.3 is 15.1 Å². The van der Waals surface area contributed by atoms with Gasteiger partial charge in [0.05, 0.1) is 19.1 Å². The van der Waals surface area contributed by atoms with E-state index in [9.17, 15) is 14.4 Å². The van der Waals surface area contributed by atoms with Crippen LogP contribution in [0.2, 0.25) is 0 Å². The number of urea groups is 1. The van der Waals surface area contributed by atoms with Gasteiger partial charge >= 0.3 is 6.03 Å². The highest BCUT2D eigenvalue weighted by Crippen LogP contribution is 2.30. The molecule has 0 radical (unpaired) electrons. The number of carbonyl (C=O) groups excluding carboxylic acids is 3. The van der Waals surface area contributed by atoms with Crippen LogP contribution in [0.4, 0.5) is 4.79 Å². The lowest BCUT2D eigenvalue weighted by atomic mass is 10.1. The molecule has 0 bridgehead atoms. The molecule has 24 heavy (non-hydrogen) atoms. The summed E-state index contributed by atoms with van der Waals surface area (Å²) in [5.41, 5.74) is 0.919. The highest BCUT2D eigenvalue weighted by molar-refractivity contribution is 6.05. The predicted octanol–water partition coefficient (Wildman–Crippen LogP) is 0.442. The van der Waals surface area contributed by atoms with Crippen LogP contribution >= 0.6 is 0 Å². The number of benzene rings is 1. The number of nitrogens with one attached hydrogen (secondary N) is 1. The number of hydrogen-bond donors (Lipinski definition) is 1. The topological polar surface area (TPSA) is 73.0 Å². The van der Waals surface area contributed by atoms with Gasteiger partial charge in [0.2, 0.25) is 5.91 Å². The number of rotatable bonds is 4. The molecule has 1 N–H and O–H groups in total. The quantitative estimate of drug-likeness (QED) is 0.813. The van der Waals surface area contributed by atoms with Crippen LogP contribution in [0.25, 0.3) is 0 Å². The fraction of sp³-hybridized carbons (Fsp3) is 0.471. The molecule has 2 aliphatic heterocycles. The van der Waals surface area contributed by atoms with Crippen LogP contribution in [0.5, 0.6) is 0 Å². The Morgan fingerprint density at radius 3 is 2.62 bits per heavy atom. The summed E-state index contributed by atoms with van der Waals surface area (Å²) in [6, 6.07) is 8.35. The van der Waals surface area contributed by atoms with Gasteiger partial charge in [-0.3, -0.25) is 14.5 Å². The molecule has 7 nitrogen and oxygen atoms in total. The summed E-state index contributed by atoms with van der Waals surface area (Å²) in [5, 5.41) is 2.83. The molecule has 0 aromatic heterocycles. The number of fused-ring (bicyclic) bond motifs is 1. The number of imide groups is 1. The summed E-state index contributed by atoms with van der Waals surface area (Å²) < 4.78 is 0. The molecule has 0 unspecified atom stereocenters. The lowest BCUT2D eigenvalue weighted by Gasteiger charge is -2.35. The van der Waals surface area contributed by atoms with Gasteiger partial charge in [-0.15, -0.1) is 0 Å². The standard InChI is InChI=1S/C17H22N4O3/c1-12(13-6-4-3-5-7-13)21-16(23)14-11-19(15(22)10-18-2)8-9-20(14)17(21)24/h3-7,12,14,18H,8-11H2,1-2H3/t12-,14+/m1/s1. The maximum atomic E-state index is 12.8. The Morgan fingerprint density at radius 2 is 1.96 bits per heavy atom. The van der Waals surface area contributed by atoms with E-state index in [4.69, 9.17) is 0 Å². The Balaban J connectivity index is 1.78. The molecular formula is C17H22N4O3. The first kappa shape index (κ1) is 16.4. The number of amides is 4. The molecule has 0 spiro atoms. The third kappa shape index (κ3) is 2.75. The zero-order valence-electron chi connectivity index (χ0n) is 13.9. The predicted molar refractivity (Wildman–Crippen MR) is 88.1 cm³/mol. The van der Waals surface area contributed by atoms with Crippen LogP contribution in [-0.4, -0.2) is 71.8 Å². The maximum absolute atomic E-state index is 12.8. The van der Waals surface area contributed by atoms with E-state index in [0.717, 1.165) is 5.56 Å². The summed E-state index contributed by atoms with van der Waals surface area (Å²) in [6.45, 7) is 3.21. The van der Waals surface area contributed by atoms with Gasteiger partial charge in [0.15, 0.2) is 0 Å². The van der Waals surface area contributed by atoms with Crippen molar-refractivity contribution in [3.05, 3.63) is 35.9 Å². The van der Waals surface area contributed by atoms with E-state index in [1.54, 1.807) is 16.8 Å². The van der Waals surface area contributed by atoms with Crippen molar-refractivity contribution >= 4 is 17.8 Å². The number of carbonyl (C=O) groups is 3. The van der Waals surface area contributed by atoms with E-state index in [2.05, 4.69) is 5.32 Å². The van der Waals surface area contributed by atoms with Crippen molar-refractivity contribution in [2.75, 3.05) is 33.2 Å². The molecule has 2 atom stereocenters. The molecule has 0 aliphatic carbocycles. The Hall–Kier alpha value is -2.41. The Kier molecular flexibility index (Phi) is 4.53. The first-order valence-electron chi connectivity index (χ1n) is 8.15. The number of piperazine rings is 1. The van der Waals surface area contributed by atoms with E-state index in [1.165, 1.54) is 4.90 Å². The average molecular weight is 330 g/mol. The first-order chi connectivity index (χ1) is 11.5. The second kappa shape index (κ2) is 6.60. The number of nitrogens with zero attached hydrogens (tertiary/aromatic N) is 3. The first-order valence-corrected chi connectivity index (χ1v) is 8.15. The van der Waals surface area contributed by atoms with Crippen LogP contribution < -0.4 is 5.32 Å². The highest BCUT2D eigenvalue weighted by atomic mass is 16.2. The van der Waals surface area contributed by atoms with E-state index in [1.807, 2.05) is 37.3 Å². The fourth-order valence-corrected chi connectivity index (χ4v) is 3.34. The van der Waals surface area contributed by atoms with Crippen molar-refractivity contribution in [3.63, 3.8) is 0 Å². The molecule has 2 saturated heterocycles. The zero-order chi connectivity index (χ0) is 17.3. The molecule has 128 valence electrons. The maximum Gasteiger partial charge on any atom is 0.328 e. The molecule has 3 rings (SSSR count). The van der Waals surface area contributed by atoms with Crippen LogP contribution in [0.15, 0.2) is 30.3 Å². The smallest absolute Gasteiger partial charge is 0.328 e. The Morgan fingerprint density at radius 1 is 1.25 bits per heavy atom. The normalized spacial score (nSPS) is 21.9. The van der Waals surface area contributed by atoms with Crippen molar-refractivity contribution < 1.29 is 14.4 Å². The molecule has 0 saturated carbocycles. The van der Waals surface area contributed by atoms with Crippen LogP contribution in [-0.2, 0) is 9.59 Å². The lowest BCUT2D eigenvalue weighted by Crippen LogP contribution is -2.55. The summed E-state index contributed by atoms with van der Waals surface area (Å²) in [7, 11) is 1.71. The van der Waals surface area contributed by atoms with Gasteiger partial charge in [-0.05, 0) is 19.5 Å². The molecule has 1 aromatic carbocycles. The monoisotopic (exact) mass is 330 g/mol. The summed E-state index contributed by atoms with van der Waals surface area (Å²) >= 11 is 0. The van der Waals surface area contributed by atoms with E-state index in [-0.39, 0.29) is 37.0 Å². The number of likely N-dealkylation sites (N-methyl/N-ethyl adjacent to an activating group) is 1. The summed E-state index contributed by atoms with van der Waals surface area (Å²) in [6.07, 6.45) is 0. The van der Waals surface area contributed by atoms with Crippen molar-refractivity contribution in [1.29, 1.82) is 0 Å². The zero-order valence-corrected chi connectivity index (χ0v) is 13.9. The minimum absolute atomic E-state index is 0.0491. The third-order valence-corrected chi connectivity index (χ3v) is 4.70. The van der Waals surface area contributed by atoms with Gasteiger partial charge in [-0.2, -0.15) is 0 Å². The molecule has 2 fully saturated rings. The molecular weight excluding hydrogens is 308 g/mol. The lowest BCUT2D eigenvalue weighted by molar-refractivity contribution is -0.136. The largest absolute Gasteiger partial charge is 0.337 e. The molecule has 2 aliphatic rings. The van der Waals surface area contributed by atoms with Crippen molar-refractivity contribution in [1.82, 2.24) is 20.0 Å². The molecule has 2 heterocycles. The van der Waals surface area contributed by atoms with E-state index >= 15 is 0 Å². The van der Waals surface area contributed by atoms with Crippen LogP contribution in [0, 0.1) is 0 Å². The second-order valence-corrected chi connectivity index (χ2v) is 6.16. The van der Waals surface area contributed by atoms with Crippen molar-refractivity contribution in [3.8, 4) is 0 Å². The highest BCUT2D eigenvalue weighted by Gasteiger charge is 2.49. The van der Waals surface area contributed by atoms with Gasteiger partial charge in [-0.25, -0.2) is 4.79 Å². The van der Waals surface area contributed by atoms with Crippen molar-refractivity contribution in [2.24, 2.45) is 0 Å². The summed E-state index contributed by atoms with van der Waals surface area (Å²) in [5.74, 6) is -0.273. The summed E-state index contributed by atoms with van der Waals surface area (Å²) in [4.78, 5) is 42.1. The van der Waals surface area contributed by atoms with Crippen LogP contribution in [0.1, 0.15) is 18.5 Å². The van der Waals surface area contributed by atoms with Gasteiger partial charge in [0.1, 0.15) is 6.04 Å². The Bertz CT molecular complexity index is 648. The van der Waals surface area contributed by atoms with Gasteiger partial charge in [0, 0.05) is 13.1 Å². The minimum Gasteiger partial charge on any atom is -0.337 e. The SMILES string of the molecule is CNCC(=O)N1CCN2C(=O)N([C@H](C)c3ccccc3)C(=O)[C@@H]2C1. The minimum atomic E-state index is -0.571. The Labute approximate surface area is 141 Å². The number of hydrogen-bond acceptors (Lipinski definition) is 4. The molecule has 4 amide bonds. The molecule has 1 aromatic rings. The molecule has 7 heteroatoms. The third-order valence-electron chi connectivity index (χ3n) is 4.70. The average Bonchev–Trinajstić information content (AvgIpc) is 2.86. The van der Waals surface area contributed by atoms with Gasteiger partial charge in [-0.1, -0.05) is 30.3 Å². The van der Waals surface area contributed by atoms with E-state index in [0.29, 0.717) is 13.1 Å². The van der Waals surface area contributed by atoms with E-state index < -0.39 is 6.04 Å². The fourth-order valence-electron chi connectivity index (χ4n) is 3.34. The van der Waals surface area contributed by atoms with Crippen LogP contribution in [0.3, 0.4) is 0 Å². The van der Waals surface area contributed by atoms with Crippen molar-refractivity contribution in [2.45, 2.75) is 19.0 Å².